The number of esters is 1. The van der Waals surface area contributed by atoms with Gasteiger partial charge in [0.05, 0.1) is 35.9 Å². The first kappa shape index (κ1) is 50.4. The van der Waals surface area contributed by atoms with Crippen LogP contribution in [0.2, 0.25) is 0 Å². The van der Waals surface area contributed by atoms with E-state index in [1.807, 2.05) is 13.8 Å². The zero-order chi connectivity index (χ0) is 44.6. The van der Waals surface area contributed by atoms with Gasteiger partial charge in [-0.2, -0.15) is 13.2 Å². The summed E-state index contributed by atoms with van der Waals surface area (Å²) in [6.45, 7) is 19.6. The molecule has 346 valence electrons. The van der Waals surface area contributed by atoms with Crippen LogP contribution in [0.25, 0.3) is 0 Å². The van der Waals surface area contributed by atoms with Crippen molar-refractivity contribution in [2.75, 3.05) is 33.8 Å². The van der Waals surface area contributed by atoms with Crippen molar-refractivity contribution >= 4 is 5.97 Å². The first-order valence-electron chi connectivity index (χ1n) is 21.3. The number of methoxy groups -OCH3 is 1. The zero-order valence-corrected chi connectivity index (χ0v) is 37.2. The molecule has 4 fully saturated rings. The number of rotatable bonds is 9. The fourth-order valence-electron chi connectivity index (χ4n) is 9.82. The van der Waals surface area contributed by atoms with Gasteiger partial charge >= 0.3 is 12.1 Å². The van der Waals surface area contributed by atoms with Crippen LogP contribution < -0.4 is 10.6 Å². The van der Waals surface area contributed by atoms with Crippen LogP contribution in [-0.4, -0.2) is 167 Å². The van der Waals surface area contributed by atoms with Crippen LogP contribution in [0.5, 0.6) is 0 Å². The number of ether oxygens (including phenoxy) is 7. The van der Waals surface area contributed by atoms with Gasteiger partial charge in [0.15, 0.2) is 12.6 Å². The summed E-state index contributed by atoms with van der Waals surface area (Å²) in [7, 11) is 2.83. The topological polar surface area (TPSA) is 190 Å². The van der Waals surface area contributed by atoms with Crippen molar-refractivity contribution in [3.8, 4) is 0 Å². The number of nitrogens with zero attached hydrogens (tertiary/aromatic N) is 1. The van der Waals surface area contributed by atoms with Crippen LogP contribution in [0.1, 0.15) is 102 Å². The van der Waals surface area contributed by atoms with Crippen molar-refractivity contribution in [2.45, 2.75) is 204 Å². The quantitative estimate of drug-likeness (QED) is 0.186. The summed E-state index contributed by atoms with van der Waals surface area (Å²) in [4.78, 5) is 15.5. The highest BCUT2D eigenvalue weighted by molar-refractivity contribution is 5.73. The molecule has 18 heteroatoms. The van der Waals surface area contributed by atoms with E-state index in [0.29, 0.717) is 6.54 Å². The molecule has 0 aliphatic carbocycles. The summed E-state index contributed by atoms with van der Waals surface area (Å²) < 4.78 is 86.3. The van der Waals surface area contributed by atoms with Crippen molar-refractivity contribution in [1.82, 2.24) is 15.5 Å². The number of halogens is 3. The molecule has 1 unspecified atom stereocenters. The Labute approximate surface area is 348 Å². The molecule has 4 rings (SSSR count). The van der Waals surface area contributed by atoms with Gasteiger partial charge in [-0.25, -0.2) is 0 Å². The molecule has 4 saturated heterocycles. The van der Waals surface area contributed by atoms with Crippen LogP contribution in [0.4, 0.5) is 13.2 Å². The summed E-state index contributed by atoms with van der Waals surface area (Å²) in [5, 5.41) is 54.0. The number of hydrogen-bond acceptors (Lipinski definition) is 15. The summed E-state index contributed by atoms with van der Waals surface area (Å²) in [5.74, 6) is -3.16. The van der Waals surface area contributed by atoms with Crippen LogP contribution in [0.15, 0.2) is 0 Å². The largest absolute Gasteiger partial charge is 0.459 e. The summed E-state index contributed by atoms with van der Waals surface area (Å²) in [6, 6.07) is -1.40. The van der Waals surface area contributed by atoms with E-state index >= 15 is 0 Å². The summed E-state index contributed by atoms with van der Waals surface area (Å²) in [5.41, 5.74) is -6.34. The molecule has 0 aromatic rings. The van der Waals surface area contributed by atoms with E-state index in [2.05, 4.69) is 10.6 Å². The van der Waals surface area contributed by atoms with Gasteiger partial charge in [-0.05, 0) is 93.8 Å². The van der Waals surface area contributed by atoms with Crippen LogP contribution in [-0.2, 0) is 38.0 Å². The number of cyclic esters (lactones) is 1. The molecule has 6 N–H and O–H groups in total. The number of nitrogens with one attached hydrogen (secondary N) is 2. The molecule has 0 spiro atoms. The Kier molecular flexibility index (Phi) is 16.4. The van der Waals surface area contributed by atoms with Gasteiger partial charge < -0.3 is 64.2 Å². The Morgan fingerprint density at radius 1 is 0.983 bits per heavy atom. The van der Waals surface area contributed by atoms with E-state index in [1.165, 1.54) is 21.1 Å². The number of carbonyl (C=O) groups excluding carboxylic acids is 1. The van der Waals surface area contributed by atoms with Gasteiger partial charge in [0, 0.05) is 38.1 Å². The standard InChI is InChI=1S/C41H74F3N3O12/c1-14-28-39(11,51)32(48)25(7)46-19-21(3)17-37(9,50)33(59-35-31-27(16-22(4)54-35)47(12)36(58-31)41(42,43)44)23(5)30(24(6)34(49)56-28)57-29-18-38(10,53-13)40(52,20-45-15-2)26(8)55-29/h21-33,35-36,45-46,48,50-52H,14-20H2,1-13H3/t21-,22-,23+,24-,25-,26+,27+,28-,29+,30+,31-,32-,33-,35+,36?,37-,38-,39-,40+/m1/s1. The van der Waals surface area contributed by atoms with Crippen LogP contribution in [0.3, 0.4) is 0 Å². The highest BCUT2D eigenvalue weighted by Gasteiger charge is 2.60. The SMILES string of the molecule is CCNC[C@]1(O)[C@H](C)O[C@@H](O[C@H]2[C@H](C)[C@@H](O[C@@H]3O[C@H](C)C[C@H]4[C@H]3OC(C(F)(F)F)N4C)[C@](C)(O)C[C@@H](C)CN[C@H](C)[C@@H](O)[C@](C)(O)[C@@H](CC)OC(=O)[C@@H]2C)C[C@@]1(C)OC. The molecule has 0 bridgehead atoms. The maximum atomic E-state index is 14.3. The number of fused-ring (bicyclic) bond motifs is 1. The second-order valence-electron chi connectivity index (χ2n) is 18.5. The minimum absolute atomic E-state index is 0.00767. The lowest BCUT2D eigenvalue weighted by atomic mass is 9.75. The van der Waals surface area contributed by atoms with E-state index in [0.717, 1.165) is 4.90 Å². The molecule has 0 radical (unpaired) electrons. The molecule has 4 heterocycles. The van der Waals surface area contributed by atoms with Gasteiger partial charge in [-0.15, -0.1) is 0 Å². The van der Waals surface area contributed by atoms with Crippen molar-refractivity contribution in [3.63, 3.8) is 0 Å². The fourth-order valence-corrected chi connectivity index (χ4v) is 9.82. The van der Waals surface area contributed by atoms with E-state index in [9.17, 15) is 38.4 Å². The number of carbonyl (C=O) groups is 1. The van der Waals surface area contributed by atoms with E-state index < -0.39 is 120 Å². The monoisotopic (exact) mass is 858 g/mol. The number of alkyl halides is 3. The molecule has 0 aromatic carbocycles. The van der Waals surface area contributed by atoms with Gasteiger partial charge in [0.2, 0.25) is 6.23 Å². The van der Waals surface area contributed by atoms with E-state index in [4.69, 9.17) is 33.2 Å². The molecule has 15 nitrogen and oxygen atoms in total. The average molecular weight is 858 g/mol. The number of likely N-dealkylation sites (N-methyl/N-ethyl adjacent to an activating group) is 2. The zero-order valence-electron chi connectivity index (χ0n) is 37.2. The van der Waals surface area contributed by atoms with Crippen molar-refractivity contribution in [2.24, 2.45) is 17.8 Å². The third-order valence-electron chi connectivity index (χ3n) is 13.6. The van der Waals surface area contributed by atoms with E-state index in [-0.39, 0.29) is 44.7 Å². The lowest BCUT2D eigenvalue weighted by molar-refractivity contribution is -0.336. The molecule has 4 aliphatic rings. The minimum Gasteiger partial charge on any atom is -0.459 e. The first-order chi connectivity index (χ1) is 27.2. The summed E-state index contributed by atoms with van der Waals surface area (Å²) >= 11 is 0. The number of aliphatic hydroxyl groups excluding tert-OH is 1. The number of hydrogen-bond donors (Lipinski definition) is 6. The second-order valence-corrected chi connectivity index (χ2v) is 18.5. The predicted octanol–water partition coefficient (Wildman–Crippen LogP) is 2.83. The maximum Gasteiger partial charge on any atom is 0.428 e. The normalized spacial score (nSPS) is 48.8. The van der Waals surface area contributed by atoms with Crippen LogP contribution in [0, 0.1) is 17.8 Å². The van der Waals surface area contributed by atoms with Gasteiger partial charge in [0.1, 0.15) is 35.1 Å². The number of aliphatic hydroxyl groups is 4. The second kappa shape index (κ2) is 19.2. The first-order valence-corrected chi connectivity index (χ1v) is 21.3. The van der Waals surface area contributed by atoms with Gasteiger partial charge in [-0.3, -0.25) is 9.69 Å². The smallest absolute Gasteiger partial charge is 0.428 e. The average Bonchev–Trinajstić information content (AvgIpc) is 3.49. The molecule has 0 aromatic heterocycles. The Hall–Kier alpha value is -1.26. The van der Waals surface area contributed by atoms with Crippen molar-refractivity contribution in [1.29, 1.82) is 0 Å². The van der Waals surface area contributed by atoms with Gasteiger partial charge in [-0.1, -0.05) is 27.7 Å². The van der Waals surface area contributed by atoms with E-state index in [1.54, 1.807) is 55.4 Å². The minimum atomic E-state index is -4.70. The molecule has 4 aliphatic heterocycles. The highest BCUT2D eigenvalue weighted by atomic mass is 19.4. The molecule has 19 atom stereocenters. The van der Waals surface area contributed by atoms with Gasteiger partial charge in [0.25, 0.3) is 0 Å². The van der Waals surface area contributed by atoms with Crippen LogP contribution >= 0.6 is 0 Å². The lowest BCUT2D eigenvalue weighted by Gasteiger charge is -2.53. The maximum absolute atomic E-state index is 14.3. The Morgan fingerprint density at radius 3 is 2.20 bits per heavy atom. The molecular weight excluding hydrogens is 783 g/mol. The lowest BCUT2D eigenvalue weighted by Crippen LogP contribution is -2.70. The van der Waals surface area contributed by atoms with Crippen molar-refractivity contribution in [3.05, 3.63) is 0 Å². The molecular formula is C41H74F3N3O12. The third kappa shape index (κ3) is 10.6. The summed E-state index contributed by atoms with van der Waals surface area (Å²) in [6.07, 6.45) is -16.4. The molecule has 59 heavy (non-hydrogen) atoms. The Balaban J connectivity index is 1.83. The molecule has 0 saturated carbocycles. The predicted molar refractivity (Wildman–Crippen MR) is 210 cm³/mol. The van der Waals surface area contributed by atoms with Crippen molar-refractivity contribution < 1.29 is 71.5 Å². The Bertz CT molecular complexity index is 1380. The highest BCUT2D eigenvalue weighted by Crippen LogP contribution is 2.45. The Morgan fingerprint density at radius 2 is 1.63 bits per heavy atom. The fraction of sp³-hybridized carbons (Fsp3) is 0.976. The third-order valence-corrected chi connectivity index (χ3v) is 13.6. The molecule has 0 amide bonds.